The first-order chi connectivity index (χ1) is 10.2. The molecule has 0 aromatic carbocycles. The van der Waals surface area contributed by atoms with Crippen LogP contribution in [0.4, 0.5) is 0 Å². The van der Waals surface area contributed by atoms with Gasteiger partial charge >= 0.3 is 0 Å². The van der Waals surface area contributed by atoms with E-state index in [1.165, 1.54) is 107 Å². The molecule has 0 radical (unpaired) electrons. The SMILES string of the molecule is CCCCCC[N+](CCCBr)(CCCCC)CCCCC.[Br-]. The lowest BCUT2D eigenvalue weighted by Gasteiger charge is -2.39. The van der Waals surface area contributed by atoms with Crippen molar-refractivity contribution in [3.05, 3.63) is 0 Å². The fraction of sp³-hybridized carbons (Fsp3) is 1.00. The second-order valence-corrected chi connectivity index (χ2v) is 7.55. The van der Waals surface area contributed by atoms with E-state index in [1.807, 2.05) is 0 Å². The van der Waals surface area contributed by atoms with Crippen LogP contribution in [0.2, 0.25) is 0 Å². The maximum atomic E-state index is 3.65. The monoisotopic (exact) mass is 441 g/mol. The third-order valence-corrected chi connectivity index (χ3v) is 5.28. The summed E-state index contributed by atoms with van der Waals surface area (Å²) in [5, 5.41) is 1.17. The Kier molecular flexibility index (Phi) is 20.9. The van der Waals surface area contributed by atoms with Gasteiger partial charge in [0.05, 0.1) is 26.2 Å². The molecule has 0 rings (SSSR count). The van der Waals surface area contributed by atoms with Crippen molar-refractivity contribution >= 4 is 15.9 Å². The number of rotatable bonds is 16. The van der Waals surface area contributed by atoms with Crippen LogP contribution in [-0.2, 0) is 0 Å². The third kappa shape index (κ3) is 13.4. The van der Waals surface area contributed by atoms with Gasteiger partial charge in [0.1, 0.15) is 0 Å². The van der Waals surface area contributed by atoms with Crippen LogP contribution in [0.1, 0.15) is 91.4 Å². The molecule has 0 aromatic heterocycles. The minimum Gasteiger partial charge on any atom is -1.00 e. The minimum absolute atomic E-state index is 0. The molecule has 0 atom stereocenters. The van der Waals surface area contributed by atoms with Crippen molar-refractivity contribution in [2.75, 3.05) is 31.5 Å². The van der Waals surface area contributed by atoms with Gasteiger partial charge in [0.25, 0.3) is 0 Å². The first-order valence-electron chi connectivity index (χ1n) is 9.65. The average molecular weight is 443 g/mol. The predicted molar refractivity (Wildman–Crippen MR) is 101 cm³/mol. The van der Waals surface area contributed by atoms with Crippen molar-refractivity contribution in [2.24, 2.45) is 0 Å². The van der Waals surface area contributed by atoms with Crippen molar-refractivity contribution < 1.29 is 21.5 Å². The van der Waals surface area contributed by atoms with Crippen molar-refractivity contribution in [3.63, 3.8) is 0 Å². The summed E-state index contributed by atoms with van der Waals surface area (Å²) >= 11 is 3.65. The Balaban J connectivity index is 0. The molecule has 0 aliphatic rings. The Morgan fingerprint density at radius 3 is 1.32 bits per heavy atom. The van der Waals surface area contributed by atoms with Crippen LogP contribution in [-0.4, -0.2) is 36.0 Å². The Bertz CT molecular complexity index is 200. The normalized spacial score (nSPS) is 11.5. The third-order valence-electron chi connectivity index (χ3n) is 4.72. The second kappa shape index (κ2) is 18.3. The summed E-state index contributed by atoms with van der Waals surface area (Å²) in [6.07, 6.45) is 15.4. The summed E-state index contributed by atoms with van der Waals surface area (Å²) in [6.45, 7) is 12.6. The summed E-state index contributed by atoms with van der Waals surface area (Å²) < 4.78 is 1.41. The van der Waals surface area contributed by atoms with E-state index in [9.17, 15) is 0 Å². The first kappa shape index (κ1) is 25.2. The second-order valence-electron chi connectivity index (χ2n) is 6.75. The number of halogens is 2. The van der Waals surface area contributed by atoms with E-state index in [2.05, 4.69) is 36.7 Å². The van der Waals surface area contributed by atoms with Gasteiger partial charge in [0.15, 0.2) is 0 Å². The van der Waals surface area contributed by atoms with E-state index < -0.39 is 0 Å². The highest BCUT2D eigenvalue weighted by Gasteiger charge is 2.25. The standard InChI is InChI=1S/C19H41BrN.BrH/c1-4-7-10-13-18-21(19-14-15-20,16-11-8-5-2)17-12-9-6-3;/h4-19H2,1-3H3;1H/q+1;/p-1. The molecule has 0 fully saturated rings. The van der Waals surface area contributed by atoms with Crippen LogP contribution in [0.3, 0.4) is 0 Å². The quantitative estimate of drug-likeness (QED) is 0.195. The highest BCUT2D eigenvalue weighted by Crippen LogP contribution is 2.18. The zero-order valence-corrected chi connectivity index (χ0v) is 18.7. The van der Waals surface area contributed by atoms with Crippen LogP contribution < -0.4 is 17.0 Å². The molecule has 0 saturated carbocycles. The number of alkyl halides is 1. The number of hydrogen-bond acceptors (Lipinski definition) is 0. The molecule has 22 heavy (non-hydrogen) atoms. The maximum Gasteiger partial charge on any atom is 0.0794 e. The summed E-state index contributed by atoms with van der Waals surface area (Å²) in [5.41, 5.74) is 0. The van der Waals surface area contributed by atoms with E-state index >= 15 is 0 Å². The zero-order chi connectivity index (χ0) is 15.8. The molecule has 0 aliphatic carbocycles. The summed E-state index contributed by atoms with van der Waals surface area (Å²) in [4.78, 5) is 0. The first-order valence-corrected chi connectivity index (χ1v) is 10.8. The molecular weight excluding hydrogens is 402 g/mol. The van der Waals surface area contributed by atoms with Gasteiger partial charge in [-0.1, -0.05) is 62.4 Å². The summed E-state index contributed by atoms with van der Waals surface area (Å²) in [6, 6.07) is 0. The van der Waals surface area contributed by atoms with Gasteiger partial charge in [-0.05, 0) is 38.5 Å². The van der Waals surface area contributed by atoms with Crippen molar-refractivity contribution in [1.82, 2.24) is 0 Å². The van der Waals surface area contributed by atoms with Crippen LogP contribution in [0.15, 0.2) is 0 Å². The lowest BCUT2D eigenvalue weighted by Crippen LogP contribution is -3.00. The van der Waals surface area contributed by atoms with Gasteiger partial charge in [0, 0.05) is 11.8 Å². The largest absolute Gasteiger partial charge is 1.00 e. The van der Waals surface area contributed by atoms with Crippen molar-refractivity contribution in [2.45, 2.75) is 91.4 Å². The smallest absolute Gasteiger partial charge is 0.0794 e. The Morgan fingerprint density at radius 1 is 0.545 bits per heavy atom. The molecule has 136 valence electrons. The number of quaternary nitrogens is 1. The van der Waals surface area contributed by atoms with Gasteiger partial charge in [0.2, 0.25) is 0 Å². The van der Waals surface area contributed by atoms with E-state index in [0.29, 0.717) is 0 Å². The molecule has 0 spiro atoms. The maximum absolute atomic E-state index is 3.65. The number of unbranched alkanes of at least 4 members (excludes halogenated alkanes) is 7. The highest BCUT2D eigenvalue weighted by atomic mass is 79.9. The van der Waals surface area contributed by atoms with Gasteiger partial charge in [-0.3, -0.25) is 0 Å². The van der Waals surface area contributed by atoms with E-state index in [4.69, 9.17) is 0 Å². The van der Waals surface area contributed by atoms with E-state index in [1.54, 1.807) is 0 Å². The van der Waals surface area contributed by atoms with E-state index in [-0.39, 0.29) is 17.0 Å². The average Bonchev–Trinajstić information content (AvgIpc) is 2.50. The van der Waals surface area contributed by atoms with Crippen LogP contribution in [0.5, 0.6) is 0 Å². The van der Waals surface area contributed by atoms with Crippen LogP contribution >= 0.6 is 15.9 Å². The number of hydrogen-bond donors (Lipinski definition) is 0. The molecular formula is C19H41Br2N. The van der Waals surface area contributed by atoms with Crippen LogP contribution in [0, 0.1) is 0 Å². The molecule has 1 nitrogen and oxygen atoms in total. The molecule has 0 N–H and O–H groups in total. The zero-order valence-electron chi connectivity index (χ0n) is 15.5. The molecule has 0 amide bonds. The fourth-order valence-electron chi connectivity index (χ4n) is 3.33. The van der Waals surface area contributed by atoms with E-state index in [0.717, 1.165) is 0 Å². The van der Waals surface area contributed by atoms with Crippen LogP contribution in [0.25, 0.3) is 0 Å². The van der Waals surface area contributed by atoms with Gasteiger partial charge in [-0.25, -0.2) is 0 Å². The molecule has 3 heteroatoms. The molecule has 0 bridgehead atoms. The molecule has 0 aromatic rings. The Morgan fingerprint density at radius 2 is 0.909 bits per heavy atom. The van der Waals surface area contributed by atoms with Gasteiger partial charge in [-0.15, -0.1) is 0 Å². The Labute approximate surface area is 160 Å². The lowest BCUT2D eigenvalue weighted by atomic mass is 10.1. The minimum atomic E-state index is 0. The molecule has 0 heterocycles. The van der Waals surface area contributed by atoms with Crippen molar-refractivity contribution in [1.29, 1.82) is 0 Å². The van der Waals surface area contributed by atoms with Crippen molar-refractivity contribution in [3.8, 4) is 0 Å². The summed E-state index contributed by atoms with van der Waals surface area (Å²) in [5.74, 6) is 0. The molecule has 0 unspecified atom stereocenters. The molecule has 0 aliphatic heterocycles. The molecule has 0 saturated heterocycles. The highest BCUT2D eigenvalue weighted by molar-refractivity contribution is 9.09. The number of nitrogens with zero attached hydrogens (tertiary/aromatic N) is 1. The fourth-order valence-corrected chi connectivity index (χ4v) is 3.59. The van der Waals surface area contributed by atoms with Gasteiger partial charge < -0.3 is 21.5 Å². The summed E-state index contributed by atoms with van der Waals surface area (Å²) in [7, 11) is 0. The Hall–Kier alpha value is 0.920. The predicted octanol–water partition coefficient (Wildman–Crippen LogP) is 3.55. The lowest BCUT2D eigenvalue weighted by molar-refractivity contribution is -0.928. The topological polar surface area (TPSA) is 0 Å². The van der Waals surface area contributed by atoms with Gasteiger partial charge in [-0.2, -0.15) is 0 Å².